The van der Waals surface area contributed by atoms with Crippen molar-refractivity contribution in [2.75, 3.05) is 5.75 Å². The quantitative estimate of drug-likeness (QED) is 0.812. The Morgan fingerprint density at radius 2 is 1.75 bits per heavy atom. The van der Waals surface area contributed by atoms with Gasteiger partial charge in [0, 0.05) is 10.6 Å². The van der Waals surface area contributed by atoms with Crippen molar-refractivity contribution >= 4 is 11.8 Å². The molecule has 20 heavy (non-hydrogen) atoms. The fourth-order valence-electron chi connectivity index (χ4n) is 1.93. The molecular formula is C17H18O2S. The number of rotatable bonds is 6. The second-order valence-corrected chi connectivity index (χ2v) is 6.12. The highest BCUT2D eigenvalue weighted by Gasteiger charge is 2.23. The van der Waals surface area contributed by atoms with Crippen molar-refractivity contribution in [2.45, 2.75) is 29.9 Å². The molecule has 1 fully saturated rings. The number of thioether (sulfide) groups is 1. The van der Waals surface area contributed by atoms with Crippen molar-refractivity contribution in [1.82, 2.24) is 0 Å². The molecule has 1 saturated carbocycles. The van der Waals surface area contributed by atoms with Crippen molar-refractivity contribution in [3.8, 4) is 5.75 Å². The molecule has 2 aromatic rings. The van der Waals surface area contributed by atoms with Gasteiger partial charge in [-0.1, -0.05) is 30.3 Å². The zero-order chi connectivity index (χ0) is 13.8. The number of benzene rings is 2. The van der Waals surface area contributed by atoms with E-state index in [9.17, 15) is 5.11 Å². The summed E-state index contributed by atoms with van der Waals surface area (Å²) in [4.78, 5) is 1.18. The van der Waals surface area contributed by atoms with Crippen LogP contribution in [0.1, 0.15) is 24.5 Å². The largest absolute Gasteiger partial charge is 0.490 e. The molecule has 0 heterocycles. The third-order valence-electron chi connectivity index (χ3n) is 3.24. The van der Waals surface area contributed by atoms with Crippen LogP contribution >= 0.6 is 11.8 Å². The lowest BCUT2D eigenvalue weighted by molar-refractivity contribution is 0.204. The first-order valence-electron chi connectivity index (χ1n) is 6.94. The molecule has 1 aliphatic carbocycles. The average molecular weight is 286 g/mol. The van der Waals surface area contributed by atoms with Crippen LogP contribution in [0.2, 0.25) is 0 Å². The number of aliphatic hydroxyl groups excluding tert-OH is 1. The summed E-state index contributed by atoms with van der Waals surface area (Å²) in [5.41, 5.74) is 0.941. The van der Waals surface area contributed by atoms with E-state index in [0.717, 1.165) is 24.2 Å². The monoisotopic (exact) mass is 286 g/mol. The van der Waals surface area contributed by atoms with Gasteiger partial charge in [-0.25, -0.2) is 0 Å². The standard InChI is InChI=1S/C17H18O2S/c18-17(12-20-16-4-2-1-3-5-16)13-6-8-14(9-7-13)19-15-10-11-15/h1-9,15,17-18H,10-12H2. The summed E-state index contributed by atoms with van der Waals surface area (Å²) in [6, 6.07) is 17.9. The Bertz CT molecular complexity index is 535. The molecule has 1 unspecified atom stereocenters. The highest BCUT2D eigenvalue weighted by Crippen LogP contribution is 2.29. The van der Waals surface area contributed by atoms with Gasteiger partial charge in [-0.15, -0.1) is 11.8 Å². The number of hydrogen-bond acceptors (Lipinski definition) is 3. The molecule has 0 spiro atoms. The van der Waals surface area contributed by atoms with Gasteiger partial charge in [-0.05, 0) is 42.7 Å². The molecular weight excluding hydrogens is 268 g/mol. The zero-order valence-corrected chi connectivity index (χ0v) is 12.1. The molecule has 3 heteroatoms. The van der Waals surface area contributed by atoms with Gasteiger partial charge in [0.2, 0.25) is 0 Å². The van der Waals surface area contributed by atoms with Gasteiger partial charge in [0.15, 0.2) is 0 Å². The summed E-state index contributed by atoms with van der Waals surface area (Å²) < 4.78 is 5.70. The van der Waals surface area contributed by atoms with Crippen LogP contribution in [0.25, 0.3) is 0 Å². The van der Waals surface area contributed by atoms with E-state index in [-0.39, 0.29) is 0 Å². The van der Waals surface area contributed by atoms with E-state index in [1.165, 1.54) is 4.90 Å². The van der Waals surface area contributed by atoms with E-state index in [2.05, 4.69) is 12.1 Å². The molecule has 0 bridgehead atoms. The Balaban J connectivity index is 1.54. The second kappa shape index (κ2) is 6.33. The van der Waals surface area contributed by atoms with Crippen LogP contribution in [0.4, 0.5) is 0 Å². The van der Waals surface area contributed by atoms with Crippen LogP contribution < -0.4 is 4.74 Å². The second-order valence-electron chi connectivity index (χ2n) is 5.03. The summed E-state index contributed by atoms with van der Waals surface area (Å²) in [6.45, 7) is 0. The molecule has 104 valence electrons. The maximum atomic E-state index is 10.2. The van der Waals surface area contributed by atoms with E-state index in [1.54, 1.807) is 11.8 Å². The van der Waals surface area contributed by atoms with Gasteiger partial charge in [-0.3, -0.25) is 0 Å². The Kier molecular flexibility index (Phi) is 4.28. The fraction of sp³-hybridized carbons (Fsp3) is 0.294. The normalized spacial score (nSPS) is 15.8. The topological polar surface area (TPSA) is 29.5 Å². The van der Waals surface area contributed by atoms with Crippen LogP contribution in [0, 0.1) is 0 Å². The third-order valence-corrected chi connectivity index (χ3v) is 4.33. The third kappa shape index (κ3) is 3.78. The minimum absolute atomic E-state index is 0.416. The summed E-state index contributed by atoms with van der Waals surface area (Å²) in [5, 5.41) is 10.2. The van der Waals surface area contributed by atoms with E-state index in [1.807, 2.05) is 42.5 Å². The molecule has 1 atom stereocenters. The molecule has 2 nitrogen and oxygen atoms in total. The number of ether oxygens (including phenoxy) is 1. The highest BCUT2D eigenvalue weighted by molar-refractivity contribution is 7.99. The van der Waals surface area contributed by atoms with Crippen molar-refractivity contribution in [3.05, 3.63) is 60.2 Å². The molecule has 0 amide bonds. The van der Waals surface area contributed by atoms with Crippen molar-refractivity contribution in [1.29, 1.82) is 0 Å². The SMILES string of the molecule is OC(CSc1ccccc1)c1ccc(OC2CC2)cc1. The summed E-state index contributed by atoms with van der Waals surface area (Å²) in [5.74, 6) is 1.56. The molecule has 0 aromatic heterocycles. The van der Waals surface area contributed by atoms with Crippen LogP contribution in [0.15, 0.2) is 59.5 Å². The van der Waals surface area contributed by atoms with E-state index < -0.39 is 6.10 Å². The predicted molar refractivity (Wildman–Crippen MR) is 82.2 cm³/mol. The molecule has 0 aliphatic heterocycles. The van der Waals surface area contributed by atoms with Crippen molar-refractivity contribution < 1.29 is 9.84 Å². The first-order chi connectivity index (χ1) is 9.81. The first kappa shape index (κ1) is 13.5. The molecule has 0 saturated heterocycles. The molecule has 2 aromatic carbocycles. The minimum atomic E-state index is -0.449. The number of aliphatic hydroxyl groups is 1. The van der Waals surface area contributed by atoms with Crippen molar-refractivity contribution in [3.63, 3.8) is 0 Å². The van der Waals surface area contributed by atoms with Gasteiger partial charge in [-0.2, -0.15) is 0 Å². The zero-order valence-electron chi connectivity index (χ0n) is 11.2. The van der Waals surface area contributed by atoms with Crippen LogP contribution in [-0.4, -0.2) is 17.0 Å². The van der Waals surface area contributed by atoms with Crippen LogP contribution in [0.3, 0.4) is 0 Å². The Morgan fingerprint density at radius 1 is 1.05 bits per heavy atom. The van der Waals surface area contributed by atoms with Gasteiger partial charge < -0.3 is 9.84 Å². The molecule has 1 N–H and O–H groups in total. The summed E-state index contributed by atoms with van der Waals surface area (Å²) in [7, 11) is 0. The molecule has 1 aliphatic rings. The summed E-state index contributed by atoms with van der Waals surface area (Å²) >= 11 is 1.67. The average Bonchev–Trinajstić information content (AvgIpc) is 3.31. The fourth-order valence-corrected chi connectivity index (χ4v) is 2.83. The Labute approximate surface area is 123 Å². The smallest absolute Gasteiger partial charge is 0.119 e. The lowest BCUT2D eigenvalue weighted by Gasteiger charge is -2.12. The predicted octanol–water partition coefficient (Wildman–Crippen LogP) is 4.05. The Morgan fingerprint density at radius 3 is 2.40 bits per heavy atom. The van der Waals surface area contributed by atoms with E-state index in [0.29, 0.717) is 11.9 Å². The lowest BCUT2D eigenvalue weighted by atomic mass is 10.1. The van der Waals surface area contributed by atoms with Gasteiger partial charge in [0.1, 0.15) is 5.75 Å². The molecule has 3 rings (SSSR count). The number of hydrogen-bond donors (Lipinski definition) is 1. The Hall–Kier alpha value is -1.45. The van der Waals surface area contributed by atoms with E-state index in [4.69, 9.17) is 4.74 Å². The highest BCUT2D eigenvalue weighted by atomic mass is 32.2. The lowest BCUT2D eigenvalue weighted by Crippen LogP contribution is -2.01. The van der Waals surface area contributed by atoms with Gasteiger partial charge >= 0.3 is 0 Å². The summed E-state index contributed by atoms with van der Waals surface area (Å²) in [6.07, 6.45) is 2.30. The maximum Gasteiger partial charge on any atom is 0.119 e. The van der Waals surface area contributed by atoms with Crippen molar-refractivity contribution in [2.24, 2.45) is 0 Å². The van der Waals surface area contributed by atoms with Crippen LogP contribution in [-0.2, 0) is 0 Å². The van der Waals surface area contributed by atoms with E-state index >= 15 is 0 Å². The van der Waals surface area contributed by atoms with Gasteiger partial charge in [0.05, 0.1) is 12.2 Å². The van der Waals surface area contributed by atoms with Gasteiger partial charge in [0.25, 0.3) is 0 Å². The minimum Gasteiger partial charge on any atom is -0.490 e. The molecule has 0 radical (unpaired) electrons. The maximum absolute atomic E-state index is 10.2. The first-order valence-corrected chi connectivity index (χ1v) is 7.92. The van der Waals surface area contributed by atoms with Crippen LogP contribution in [0.5, 0.6) is 5.75 Å².